The normalized spacial score (nSPS) is 25.5. The number of rotatable bonds is 1. The molecule has 0 aromatic heterocycles. The molecule has 5 nitrogen and oxygen atoms in total. The molecule has 0 aliphatic carbocycles. The third kappa shape index (κ3) is 2.18. The quantitative estimate of drug-likeness (QED) is 0.429. The summed E-state index contributed by atoms with van der Waals surface area (Å²) in [5, 5.41) is 12.9. The number of carbonyl (C=O) groups excluding carboxylic acids is 1. The summed E-state index contributed by atoms with van der Waals surface area (Å²) in [6.07, 6.45) is 1.25. The Kier molecular flexibility index (Phi) is 2.40. The molecule has 0 radical (unpaired) electrons. The second-order valence-electron chi connectivity index (χ2n) is 2.64. The van der Waals surface area contributed by atoms with Crippen LogP contribution in [0.4, 0.5) is 0 Å². The summed E-state index contributed by atoms with van der Waals surface area (Å²) in [4.78, 5) is 20.7. The molecule has 1 fully saturated rings. The standard InChI is InChI=1S/C6H10N2O3/c9-6-4-5(8(10)11)2-1-3-7-6/h5H,1-4H2,(H,7,9). The maximum absolute atomic E-state index is 10.8. The molecule has 1 N–H and O–H groups in total. The van der Waals surface area contributed by atoms with E-state index in [2.05, 4.69) is 5.32 Å². The number of carbonyl (C=O) groups is 1. The lowest BCUT2D eigenvalue weighted by Gasteiger charge is -2.01. The maximum atomic E-state index is 10.8. The average Bonchev–Trinajstić information content (AvgIpc) is 2.13. The molecule has 1 heterocycles. The summed E-state index contributed by atoms with van der Waals surface area (Å²) in [5.74, 6) is -0.204. The fourth-order valence-corrected chi connectivity index (χ4v) is 1.13. The van der Waals surface area contributed by atoms with Gasteiger partial charge in [0.15, 0.2) is 0 Å². The van der Waals surface area contributed by atoms with Crippen LogP contribution < -0.4 is 5.32 Å². The summed E-state index contributed by atoms with van der Waals surface area (Å²) in [5.41, 5.74) is 0. The van der Waals surface area contributed by atoms with E-state index in [0.29, 0.717) is 19.4 Å². The maximum Gasteiger partial charge on any atom is 0.226 e. The molecule has 0 aromatic rings. The summed E-state index contributed by atoms with van der Waals surface area (Å²) in [7, 11) is 0. The highest BCUT2D eigenvalue weighted by Crippen LogP contribution is 2.08. The van der Waals surface area contributed by atoms with Crippen LogP contribution in [0.15, 0.2) is 0 Å². The topological polar surface area (TPSA) is 72.2 Å². The molecule has 5 heteroatoms. The van der Waals surface area contributed by atoms with E-state index in [1.54, 1.807) is 0 Å². The van der Waals surface area contributed by atoms with Gasteiger partial charge < -0.3 is 5.32 Å². The molecule has 1 amide bonds. The van der Waals surface area contributed by atoms with E-state index < -0.39 is 6.04 Å². The van der Waals surface area contributed by atoms with Crippen molar-refractivity contribution < 1.29 is 9.72 Å². The zero-order chi connectivity index (χ0) is 8.27. The molecular weight excluding hydrogens is 148 g/mol. The predicted molar refractivity (Wildman–Crippen MR) is 37.6 cm³/mol. The molecule has 1 unspecified atom stereocenters. The van der Waals surface area contributed by atoms with Gasteiger partial charge >= 0.3 is 0 Å². The number of hydrogen-bond donors (Lipinski definition) is 1. The molecule has 1 rings (SSSR count). The van der Waals surface area contributed by atoms with Gasteiger partial charge in [0.05, 0.1) is 6.42 Å². The molecule has 0 spiro atoms. The Morgan fingerprint density at radius 2 is 2.36 bits per heavy atom. The minimum atomic E-state index is -0.669. The van der Waals surface area contributed by atoms with Crippen molar-refractivity contribution in [3.63, 3.8) is 0 Å². The first kappa shape index (κ1) is 7.97. The fraction of sp³-hybridized carbons (Fsp3) is 0.833. The van der Waals surface area contributed by atoms with Crippen molar-refractivity contribution in [2.24, 2.45) is 0 Å². The van der Waals surface area contributed by atoms with E-state index in [0.717, 1.165) is 0 Å². The molecule has 1 atom stereocenters. The van der Waals surface area contributed by atoms with E-state index in [1.807, 2.05) is 0 Å². The molecule has 0 bridgehead atoms. The number of amides is 1. The minimum Gasteiger partial charge on any atom is -0.356 e. The minimum absolute atomic E-state index is 0.0347. The largest absolute Gasteiger partial charge is 0.356 e. The lowest BCUT2D eigenvalue weighted by atomic mass is 10.1. The molecule has 1 saturated heterocycles. The van der Waals surface area contributed by atoms with Gasteiger partial charge in [-0.05, 0) is 6.42 Å². The predicted octanol–water partition coefficient (Wildman–Crippen LogP) is -0.0682. The Balaban J connectivity index is 2.52. The van der Waals surface area contributed by atoms with Crippen molar-refractivity contribution >= 4 is 5.91 Å². The van der Waals surface area contributed by atoms with Crippen molar-refractivity contribution in [1.82, 2.24) is 5.32 Å². The lowest BCUT2D eigenvalue weighted by Crippen LogP contribution is -2.26. The van der Waals surface area contributed by atoms with Gasteiger partial charge in [0.1, 0.15) is 0 Å². The van der Waals surface area contributed by atoms with Crippen LogP contribution in [0.25, 0.3) is 0 Å². The Bertz CT molecular complexity index is 181. The smallest absolute Gasteiger partial charge is 0.226 e. The number of nitro groups is 1. The van der Waals surface area contributed by atoms with E-state index in [4.69, 9.17) is 0 Å². The zero-order valence-corrected chi connectivity index (χ0v) is 6.08. The number of hydrogen-bond acceptors (Lipinski definition) is 3. The highest BCUT2D eigenvalue weighted by molar-refractivity contribution is 5.76. The first-order valence-electron chi connectivity index (χ1n) is 3.60. The van der Waals surface area contributed by atoms with Crippen molar-refractivity contribution in [3.8, 4) is 0 Å². The van der Waals surface area contributed by atoms with Gasteiger partial charge in [0.25, 0.3) is 0 Å². The first-order chi connectivity index (χ1) is 5.20. The van der Waals surface area contributed by atoms with Crippen LogP contribution in [-0.4, -0.2) is 23.4 Å². The van der Waals surface area contributed by atoms with Crippen LogP contribution in [0.5, 0.6) is 0 Å². The van der Waals surface area contributed by atoms with Gasteiger partial charge in [-0.15, -0.1) is 0 Å². The van der Waals surface area contributed by atoms with Crippen LogP contribution in [0.2, 0.25) is 0 Å². The summed E-state index contributed by atoms with van der Waals surface area (Å²) in [6, 6.07) is -0.669. The molecule has 1 aliphatic rings. The van der Waals surface area contributed by atoms with Gasteiger partial charge in [-0.2, -0.15) is 0 Å². The summed E-state index contributed by atoms with van der Waals surface area (Å²) >= 11 is 0. The number of nitrogens with zero attached hydrogens (tertiary/aromatic N) is 1. The highest BCUT2D eigenvalue weighted by atomic mass is 16.6. The van der Waals surface area contributed by atoms with Crippen molar-refractivity contribution in [2.45, 2.75) is 25.3 Å². The van der Waals surface area contributed by atoms with Crippen LogP contribution in [-0.2, 0) is 4.79 Å². The van der Waals surface area contributed by atoms with E-state index >= 15 is 0 Å². The third-order valence-corrected chi connectivity index (χ3v) is 1.76. The Labute approximate surface area is 63.9 Å². The molecule has 62 valence electrons. The van der Waals surface area contributed by atoms with Crippen LogP contribution in [0.1, 0.15) is 19.3 Å². The molecular formula is C6H10N2O3. The van der Waals surface area contributed by atoms with Crippen LogP contribution in [0.3, 0.4) is 0 Å². The van der Waals surface area contributed by atoms with E-state index in [9.17, 15) is 14.9 Å². The van der Waals surface area contributed by atoms with Gasteiger partial charge in [-0.25, -0.2) is 0 Å². The molecule has 1 aliphatic heterocycles. The number of nitrogens with one attached hydrogen (secondary N) is 1. The Hall–Kier alpha value is -1.13. The van der Waals surface area contributed by atoms with Crippen molar-refractivity contribution in [1.29, 1.82) is 0 Å². The molecule has 0 aromatic carbocycles. The first-order valence-corrected chi connectivity index (χ1v) is 3.60. The molecule has 11 heavy (non-hydrogen) atoms. The second kappa shape index (κ2) is 3.32. The van der Waals surface area contributed by atoms with Gasteiger partial charge in [-0.1, -0.05) is 0 Å². The van der Waals surface area contributed by atoms with Gasteiger partial charge in [0.2, 0.25) is 11.9 Å². The Morgan fingerprint density at radius 1 is 1.64 bits per heavy atom. The van der Waals surface area contributed by atoms with E-state index in [1.165, 1.54) is 0 Å². The van der Waals surface area contributed by atoms with Crippen LogP contribution in [0, 0.1) is 10.1 Å². The fourth-order valence-electron chi connectivity index (χ4n) is 1.13. The third-order valence-electron chi connectivity index (χ3n) is 1.76. The Morgan fingerprint density at radius 3 is 3.00 bits per heavy atom. The van der Waals surface area contributed by atoms with E-state index in [-0.39, 0.29) is 17.3 Å². The summed E-state index contributed by atoms with van der Waals surface area (Å²) < 4.78 is 0. The lowest BCUT2D eigenvalue weighted by molar-refractivity contribution is -0.522. The van der Waals surface area contributed by atoms with Gasteiger partial charge in [0, 0.05) is 17.9 Å². The molecule has 0 saturated carbocycles. The monoisotopic (exact) mass is 158 g/mol. The SMILES string of the molecule is O=C1CC([N+](=O)[O-])CCCN1. The van der Waals surface area contributed by atoms with Crippen LogP contribution >= 0.6 is 0 Å². The van der Waals surface area contributed by atoms with Crippen molar-refractivity contribution in [3.05, 3.63) is 10.1 Å². The van der Waals surface area contributed by atoms with Gasteiger partial charge in [-0.3, -0.25) is 14.9 Å². The second-order valence-corrected chi connectivity index (χ2v) is 2.64. The average molecular weight is 158 g/mol. The zero-order valence-electron chi connectivity index (χ0n) is 6.08. The highest BCUT2D eigenvalue weighted by Gasteiger charge is 2.25. The summed E-state index contributed by atoms with van der Waals surface area (Å²) in [6.45, 7) is 0.573. The van der Waals surface area contributed by atoms with Crippen molar-refractivity contribution in [2.75, 3.05) is 6.54 Å².